The Morgan fingerprint density at radius 2 is 1.69 bits per heavy atom. The zero-order chi connectivity index (χ0) is 39.5. The second kappa shape index (κ2) is 16.2. The topological polar surface area (TPSA) is 128 Å². The zero-order valence-electron chi connectivity index (χ0n) is 33.0. The molecule has 0 bridgehead atoms. The van der Waals surface area contributed by atoms with E-state index in [-0.39, 0.29) is 35.3 Å². The summed E-state index contributed by atoms with van der Waals surface area (Å²) in [5.41, 5.74) is 10.9. The fourth-order valence-corrected chi connectivity index (χ4v) is 6.92. The monoisotopic (exact) mass is 739 g/mol. The number of benzene rings is 3. The molecule has 10 nitrogen and oxygen atoms in total. The highest BCUT2D eigenvalue weighted by Gasteiger charge is 2.28. The minimum atomic E-state index is -0.681. The molecule has 0 radical (unpaired) electrons. The number of pyridine rings is 1. The molecule has 3 aromatic carbocycles. The number of carbonyl (C=O) groups excluding carboxylic acids is 2. The first-order valence-corrected chi connectivity index (χ1v) is 18.5. The van der Waals surface area contributed by atoms with Gasteiger partial charge in [0.1, 0.15) is 29.5 Å². The number of halogens is 1. The van der Waals surface area contributed by atoms with Crippen LogP contribution in [0.3, 0.4) is 0 Å². The molecule has 1 aliphatic heterocycles. The Morgan fingerprint density at radius 3 is 2.28 bits per heavy atom. The molecule has 288 valence electrons. The number of nitrogens with two attached hydrogens (primary N) is 1. The van der Waals surface area contributed by atoms with Crippen molar-refractivity contribution in [3.8, 4) is 16.9 Å². The average Bonchev–Trinajstić information content (AvgIpc) is 3.07. The maximum absolute atomic E-state index is 15.6. The van der Waals surface area contributed by atoms with Gasteiger partial charge in [0.05, 0.1) is 5.56 Å². The van der Waals surface area contributed by atoms with Gasteiger partial charge < -0.3 is 30.4 Å². The van der Waals surface area contributed by atoms with Crippen molar-refractivity contribution in [1.29, 1.82) is 0 Å². The van der Waals surface area contributed by atoms with E-state index < -0.39 is 17.7 Å². The van der Waals surface area contributed by atoms with Gasteiger partial charge in [0.15, 0.2) is 0 Å². The van der Waals surface area contributed by atoms with Crippen molar-refractivity contribution >= 4 is 28.9 Å². The Balaban J connectivity index is 1.53. The van der Waals surface area contributed by atoms with Gasteiger partial charge in [0, 0.05) is 55.3 Å². The normalized spacial score (nSPS) is 13.3. The van der Waals surface area contributed by atoms with E-state index >= 15 is 4.39 Å². The second-order valence-corrected chi connectivity index (χ2v) is 15.7. The minimum Gasteiger partial charge on any atom is -0.487 e. The van der Waals surface area contributed by atoms with Crippen LogP contribution in [0.4, 0.5) is 21.5 Å². The Bertz CT molecular complexity index is 2110. The van der Waals surface area contributed by atoms with E-state index in [1.807, 2.05) is 58.9 Å². The number of amides is 1. The Labute approximate surface area is 317 Å². The summed E-state index contributed by atoms with van der Waals surface area (Å²) in [5.74, 6) is -1.12. The lowest BCUT2D eigenvalue weighted by Gasteiger charge is -2.38. The third-order valence-corrected chi connectivity index (χ3v) is 9.91. The number of nitrogens with one attached hydrogen (secondary N) is 2. The fourth-order valence-electron chi connectivity index (χ4n) is 6.92. The van der Waals surface area contributed by atoms with Crippen LogP contribution in [-0.4, -0.2) is 46.6 Å². The third kappa shape index (κ3) is 9.02. The third-order valence-electron chi connectivity index (χ3n) is 9.91. The number of nitrogens with zero attached hydrogens (tertiary/aromatic N) is 2. The smallest absolute Gasteiger partial charge is 0.302 e. The molecule has 0 unspecified atom stereocenters. The van der Waals surface area contributed by atoms with E-state index in [1.165, 1.54) is 19.4 Å². The number of hydrogen-bond acceptors (Lipinski definition) is 8. The predicted octanol–water partition coefficient (Wildman–Crippen LogP) is 7.74. The van der Waals surface area contributed by atoms with Gasteiger partial charge in [-0.05, 0) is 111 Å². The Morgan fingerprint density at radius 1 is 0.963 bits per heavy atom. The number of anilines is 3. The van der Waals surface area contributed by atoms with Gasteiger partial charge in [-0.3, -0.25) is 19.3 Å². The number of aryl methyl sites for hydroxylation is 1. The quantitative estimate of drug-likeness (QED) is 0.119. The molecule has 1 fully saturated rings. The van der Waals surface area contributed by atoms with E-state index in [1.54, 1.807) is 35.9 Å². The first-order valence-electron chi connectivity index (χ1n) is 18.5. The standard InChI is InChI=1S/C43H54FN5O5/c1-10-38-32(22-37(41(52)48(38)9)46-35-16-15-30(19-26(35)2)54-43(7,8)25-49-17-12-18-49)31-13-11-14-36(33(31)24-53-27(3)50)47-40(51)39-28(23-45)20-29(21-34(39)44)42(4,5)6/h11,13-16,19-22,46H,10,12,17-18,23-25,45H2,1-9H3,(H,47,51). The fraction of sp³-hybridized carbons (Fsp3) is 0.419. The van der Waals surface area contributed by atoms with Crippen molar-refractivity contribution in [3.63, 3.8) is 0 Å². The largest absolute Gasteiger partial charge is 0.487 e. The highest BCUT2D eigenvalue weighted by Crippen LogP contribution is 2.36. The van der Waals surface area contributed by atoms with Crippen LogP contribution in [0.1, 0.15) is 93.2 Å². The number of carbonyl (C=O) groups is 2. The zero-order valence-corrected chi connectivity index (χ0v) is 33.0. The molecule has 1 amide bonds. The van der Waals surface area contributed by atoms with Crippen LogP contribution in [0.25, 0.3) is 11.1 Å². The average molecular weight is 740 g/mol. The SMILES string of the molecule is CCc1c(-c2cccc(NC(=O)c3c(F)cc(C(C)(C)C)cc3CN)c2COC(C)=O)cc(Nc2ccc(OC(C)(C)CN3CCC3)cc2C)c(=O)n1C. The summed E-state index contributed by atoms with van der Waals surface area (Å²) in [7, 11) is 1.72. The van der Waals surface area contributed by atoms with Gasteiger partial charge in [0.2, 0.25) is 0 Å². The summed E-state index contributed by atoms with van der Waals surface area (Å²) < 4.78 is 29.1. The lowest BCUT2D eigenvalue weighted by Crippen LogP contribution is -2.48. The number of rotatable bonds is 13. The van der Waals surface area contributed by atoms with Crippen LogP contribution in [0.2, 0.25) is 0 Å². The van der Waals surface area contributed by atoms with Crippen molar-refractivity contribution < 1.29 is 23.5 Å². The van der Waals surface area contributed by atoms with Crippen molar-refractivity contribution in [3.05, 3.63) is 104 Å². The van der Waals surface area contributed by atoms with Crippen LogP contribution in [0, 0.1) is 12.7 Å². The maximum Gasteiger partial charge on any atom is 0.302 e. The van der Waals surface area contributed by atoms with Crippen molar-refractivity contribution in [2.45, 2.75) is 92.4 Å². The number of aromatic nitrogens is 1. The molecule has 0 saturated carbocycles. The van der Waals surface area contributed by atoms with Gasteiger partial charge in [-0.2, -0.15) is 0 Å². The molecule has 54 heavy (non-hydrogen) atoms. The van der Waals surface area contributed by atoms with Crippen LogP contribution < -0.4 is 26.7 Å². The summed E-state index contributed by atoms with van der Waals surface area (Å²) in [6.07, 6.45) is 1.73. The van der Waals surface area contributed by atoms with Gasteiger partial charge >= 0.3 is 5.97 Å². The maximum atomic E-state index is 15.6. The molecule has 1 saturated heterocycles. The van der Waals surface area contributed by atoms with E-state index in [2.05, 4.69) is 29.4 Å². The first kappa shape index (κ1) is 40.2. The molecule has 11 heteroatoms. The van der Waals surface area contributed by atoms with Crippen LogP contribution in [0.5, 0.6) is 5.75 Å². The molecule has 0 spiro atoms. The number of ether oxygens (including phenoxy) is 2. The van der Waals surface area contributed by atoms with Crippen LogP contribution in [-0.2, 0) is 41.6 Å². The summed E-state index contributed by atoms with van der Waals surface area (Å²) >= 11 is 0. The van der Waals surface area contributed by atoms with Crippen molar-refractivity contribution in [2.75, 3.05) is 30.3 Å². The van der Waals surface area contributed by atoms with E-state index in [0.717, 1.165) is 47.9 Å². The highest BCUT2D eigenvalue weighted by atomic mass is 19.1. The van der Waals surface area contributed by atoms with Gasteiger partial charge in [-0.15, -0.1) is 0 Å². The molecule has 1 aromatic heterocycles. The van der Waals surface area contributed by atoms with Gasteiger partial charge in [0.25, 0.3) is 11.5 Å². The molecule has 0 aliphatic carbocycles. The summed E-state index contributed by atoms with van der Waals surface area (Å²) in [4.78, 5) is 42.1. The molecular formula is C43H54FN5O5. The summed E-state index contributed by atoms with van der Waals surface area (Å²) in [5, 5.41) is 6.22. The second-order valence-electron chi connectivity index (χ2n) is 15.7. The van der Waals surface area contributed by atoms with Crippen molar-refractivity contribution in [1.82, 2.24) is 9.47 Å². The Kier molecular flexibility index (Phi) is 12.0. The number of likely N-dealkylation sites (tertiary alicyclic amines) is 1. The van der Waals surface area contributed by atoms with E-state index in [9.17, 15) is 14.4 Å². The highest BCUT2D eigenvalue weighted by molar-refractivity contribution is 6.06. The molecule has 1 aliphatic rings. The van der Waals surface area contributed by atoms with E-state index in [0.29, 0.717) is 40.0 Å². The molecule has 4 N–H and O–H groups in total. The van der Waals surface area contributed by atoms with Crippen molar-refractivity contribution in [2.24, 2.45) is 12.8 Å². The molecule has 0 atom stereocenters. The summed E-state index contributed by atoms with van der Waals surface area (Å²) in [6.45, 7) is 18.1. The van der Waals surface area contributed by atoms with Gasteiger partial charge in [-0.25, -0.2) is 4.39 Å². The minimum absolute atomic E-state index is 0.0381. The lowest BCUT2D eigenvalue weighted by atomic mass is 9.85. The molecule has 4 aromatic rings. The predicted molar refractivity (Wildman–Crippen MR) is 213 cm³/mol. The molecule has 5 rings (SSSR count). The van der Waals surface area contributed by atoms with Gasteiger partial charge in [-0.1, -0.05) is 45.9 Å². The van der Waals surface area contributed by atoms with Crippen LogP contribution >= 0.6 is 0 Å². The van der Waals surface area contributed by atoms with Crippen LogP contribution in [0.15, 0.2) is 59.4 Å². The summed E-state index contributed by atoms with van der Waals surface area (Å²) in [6, 6.07) is 16.0. The number of hydrogen-bond donors (Lipinski definition) is 3. The van der Waals surface area contributed by atoms with E-state index in [4.69, 9.17) is 15.2 Å². The molecule has 2 heterocycles. The number of esters is 1. The molecular weight excluding hydrogens is 686 g/mol. The lowest BCUT2D eigenvalue weighted by molar-refractivity contribution is -0.142. The first-order chi connectivity index (χ1) is 25.4. The Hall–Kier alpha value is -5.00.